The molecule has 33 heavy (non-hydrogen) atoms. The van der Waals surface area contributed by atoms with Crippen LogP contribution in [0.25, 0.3) is 21.9 Å². The third kappa shape index (κ3) is 4.14. The van der Waals surface area contributed by atoms with E-state index in [1.54, 1.807) is 6.07 Å². The predicted octanol–water partition coefficient (Wildman–Crippen LogP) is 8.09. The van der Waals surface area contributed by atoms with E-state index in [0.29, 0.717) is 16.7 Å². The van der Waals surface area contributed by atoms with Crippen molar-refractivity contribution in [3.8, 4) is 16.9 Å². The van der Waals surface area contributed by atoms with Crippen molar-refractivity contribution in [2.75, 3.05) is 0 Å². The van der Waals surface area contributed by atoms with Crippen molar-refractivity contribution in [2.45, 2.75) is 73.1 Å². The minimum Gasteiger partial charge on any atom is -0.507 e. The van der Waals surface area contributed by atoms with Crippen LogP contribution < -0.4 is 0 Å². The summed E-state index contributed by atoms with van der Waals surface area (Å²) in [5, 5.41) is 24.3. The Balaban J connectivity index is 2.59. The molecule has 2 N–H and O–H groups in total. The molecular weight excluding hydrogens is 408 g/mol. The number of phenolic OH excluding ortho intramolecular Hbond substituents is 1. The van der Waals surface area contributed by atoms with Crippen LogP contribution in [-0.4, -0.2) is 16.2 Å². The van der Waals surface area contributed by atoms with E-state index in [9.17, 15) is 15.0 Å². The molecule has 0 aliphatic rings. The van der Waals surface area contributed by atoms with Gasteiger partial charge >= 0.3 is 5.97 Å². The van der Waals surface area contributed by atoms with E-state index in [4.69, 9.17) is 0 Å². The van der Waals surface area contributed by atoms with Gasteiger partial charge < -0.3 is 10.2 Å². The van der Waals surface area contributed by atoms with Crippen LogP contribution in [0.5, 0.6) is 5.75 Å². The Labute approximate surface area is 198 Å². The Bertz CT molecular complexity index is 1210. The summed E-state index contributed by atoms with van der Waals surface area (Å²) in [5.41, 5.74) is 3.41. The largest absolute Gasteiger partial charge is 0.507 e. The van der Waals surface area contributed by atoms with E-state index in [2.05, 4.69) is 86.6 Å². The lowest BCUT2D eigenvalue weighted by Gasteiger charge is -2.38. The van der Waals surface area contributed by atoms with Crippen molar-refractivity contribution in [2.24, 2.45) is 11.8 Å². The first-order valence-corrected chi connectivity index (χ1v) is 11.8. The fraction of sp³-hybridized carbons (Fsp3) is 0.433. The Kier molecular flexibility index (Phi) is 6.41. The highest BCUT2D eigenvalue weighted by atomic mass is 16.4. The summed E-state index contributed by atoms with van der Waals surface area (Å²) in [7, 11) is 0. The highest BCUT2D eigenvalue weighted by molar-refractivity contribution is 6.05. The molecule has 3 aromatic carbocycles. The number of phenols is 1. The zero-order valence-electron chi connectivity index (χ0n) is 21.5. The van der Waals surface area contributed by atoms with Gasteiger partial charge in [-0.25, -0.2) is 4.79 Å². The molecule has 0 saturated carbocycles. The molecule has 0 fully saturated rings. The quantitative estimate of drug-likeness (QED) is 0.402. The molecule has 0 aliphatic heterocycles. The maximum atomic E-state index is 12.7. The average molecular weight is 447 g/mol. The smallest absolute Gasteiger partial charge is 0.336 e. The lowest BCUT2D eigenvalue weighted by Crippen LogP contribution is -2.30. The van der Waals surface area contributed by atoms with Gasteiger partial charge in [-0.3, -0.25) is 0 Å². The Hall–Kier alpha value is -2.81. The van der Waals surface area contributed by atoms with Crippen molar-refractivity contribution in [3.05, 3.63) is 64.7 Å². The van der Waals surface area contributed by atoms with Crippen molar-refractivity contribution in [1.29, 1.82) is 0 Å². The van der Waals surface area contributed by atoms with Gasteiger partial charge in [0.2, 0.25) is 0 Å². The van der Waals surface area contributed by atoms with Gasteiger partial charge in [-0.1, -0.05) is 97.4 Å². The summed E-state index contributed by atoms with van der Waals surface area (Å²) in [6.07, 6.45) is 0. The van der Waals surface area contributed by atoms with Crippen LogP contribution in [0.3, 0.4) is 0 Å². The fourth-order valence-electron chi connectivity index (χ4n) is 4.46. The minimum atomic E-state index is -0.976. The predicted molar refractivity (Wildman–Crippen MR) is 138 cm³/mol. The maximum Gasteiger partial charge on any atom is 0.336 e. The molecule has 0 amide bonds. The Morgan fingerprint density at radius 2 is 1.48 bits per heavy atom. The number of aromatic carboxylic acids is 1. The third-order valence-corrected chi connectivity index (χ3v) is 8.06. The molecule has 0 aliphatic carbocycles. The number of hydrogen-bond acceptors (Lipinski definition) is 2. The van der Waals surface area contributed by atoms with Crippen molar-refractivity contribution < 1.29 is 15.0 Å². The van der Waals surface area contributed by atoms with E-state index in [0.717, 1.165) is 21.9 Å². The van der Waals surface area contributed by atoms with Crippen LogP contribution in [0.2, 0.25) is 0 Å². The molecule has 0 unspecified atom stereocenters. The molecule has 0 bridgehead atoms. The zero-order chi connectivity index (χ0) is 24.9. The number of benzene rings is 3. The molecule has 3 heteroatoms. The van der Waals surface area contributed by atoms with Crippen molar-refractivity contribution in [3.63, 3.8) is 0 Å². The molecule has 0 heterocycles. The molecule has 3 nitrogen and oxygen atoms in total. The fourth-order valence-corrected chi connectivity index (χ4v) is 4.46. The molecular formula is C30H38O3. The molecule has 0 atom stereocenters. The average Bonchev–Trinajstić information content (AvgIpc) is 2.71. The lowest BCUT2D eigenvalue weighted by molar-refractivity contribution is 0.0697. The standard InChI is InChI=1S/C30H38O3/c1-17(2)29(6,7)24-16-23(28(32)33)25(26(27(24)31)30(8,9)18(3)4)22-12-10-11-20-15-19(5)13-14-21(20)22/h10-18,31H,1-9H3,(H,32,33). The molecule has 3 rings (SSSR count). The van der Waals surface area contributed by atoms with Crippen LogP contribution in [0.1, 0.15) is 82.4 Å². The second-order valence-corrected chi connectivity index (χ2v) is 11.2. The first-order valence-electron chi connectivity index (χ1n) is 11.8. The summed E-state index contributed by atoms with van der Waals surface area (Å²) in [6.45, 7) is 18.9. The number of hydrogen-bond donors (Lipinski definition) is 2. The molecule has 0 saturated heterocycles. The van der Waals surface area contributed by atoms with Gasteiger partial charge in [0.05, 0.1) is 5.56 Å². The normalized spacial score (nSPS) is 12.7. The van der Waals surface area contributed by atoms with E-state index < -0.39 is 16.8 Å². The molecule has 176 valence electrons. The molecule has 0 aromatic heterocycles. The number of fused-ring (bicyclic) bond motifs is 1. The monoisotopic (exact) mass is 446 g/mol. The first kappa shape index (κ1) is 24.8. The summed E-state index contributed by atoms with van der Waals surface area (Å²) < 4.78 is 0. The Morgan fingerprint density at radius 1 is 0.879 bits per heavy atom. The van der Waals surface area contributed by atoms with Gasteiger partial charge in [0.1, 0.15) is 5.75 Å². The van der Waals surface area contributed by atoms with Gasteiger partial charge in [-0.15, -0.1) is 0 Å². The second-order valence-electron chi connectivity index (χ2n) is 11.2. The number of rotatable bonds is 6. The SMILES string of the molecule is Cc1ccc2c(-c3c(C(=O)O)cc(C(C)(C)C(C)C)c(O)c3C(C)(C)C(C)C)cccc2c1. The third-order valence-electron chi connectivity index (χ3n) is 8.06. The van der Waals surface area contributed by atoms with Crippen LogP contribution >= 0.6 is 0 Å². The topological polar surface area (TPSA) is 57.5 Å². The van der Waals surface area contributed by atoms with Crippen LogP contribution in [0, 0.1) is 18.8 Å². The Morgan fingerprint density at radius 3 is 2.03 bits per heavy atom. The first-order chi connectivity index (χ1) is 15.2. The van der Waals surface area contributed by atoms with Crippen molar-refractivity contribution in [1.82, 2.24) is 0 Å². The molecule has 3 aromatic rings. The van der Waals surface area contributed by atoms with Gasteiger partial charge in [-0.2, -0.15) is 0 Å². The molecule has 0 spiro atoms. The van der Waals surface area contributed by atoms with Gasteiger partial charge in [0.25, 0.3) is 0 Å². The minimum absolute atomic E-state index is 0.179. The molecule has 0 radical (unpaired) electrons. The number of carboxylic acid groups (broad SMARTS) is 1. The van der Waals surface area contributed by atoms with Gasteiger partial charge in [0.15, 0.2) is 0 Å². The van der Waals surface area contributed by atoms with Crippen LogP contribution in [0.15, 0.2) is 42.5 Å². The summed E-state index contributed by atoms with van der Waals surface area (Å²) >= 11 is 0. The zero-order valence-corrected chi connectivity index (χ0v) is 21.5. The van der Waals surface area contributed by atoms with E-state index in [-0.39, 0.29) is 23.1 Å². The van der Waals surface area contributed by atoms with Crippen molar-refractivity contribution >= 4 is 16.7 Å². The summed E-state index contributed by atoms with van der Waals surface area (Å²) in [4.78, 5) is 12.7. The summed E-state index contributed by atoms with van der Waals surface area (Å²) in [6, 6.07) is 13.9. The van der Waals surface area contributed by atoms with E-state index in [1.807, 2.05) is 12.1 Å². The van der Waals surface area contributed by atoms with Gasteiger partial charge in [-0.05, 0) is 52.0 Å². The van der Waals surface area contributed by atoms with E-state index >= 15 is 0 Å². The second kappa shape index (κ2) is 8.52. The summed E-state index contributed by atoms with van der Waals surface area (Å²) in [5.74, 6) is -0.364. The number of carboxylic acids is 1. The van der Waals surface area contributed by atoms with Crippen LogP contribution in [0.4, 0.5) is 0 Å². The maximum absolute atomic E-state index is 12.7. The number of aromatic hydroxyl groups is 1. The highest BCUT2D eigenvalue weighted by Crippen LogP contribution is 2.51. The van der Waals surface area contributed by atoms with Gasteiger partial charge in [0, 0.05) is 16.7 Å². The van der Waals surface area contributed by atoms with E-state index in [1.165, 1.54) is 0 Å². The lowest BCUT2D eigenvalue weighted by atomic mass is 9.66. The van der Waals surface area contributed by atoms with Crippen LogP contribution in [-0.2, 0) is 10.8 Å². The highest BCUT2D eigenvalue weighted by Gasteiger charge is 2.38. The number of carbonyl (C=O) groups is 1. The number of aryl methyl sites for hydroxylation is 1.